The summed E-state index contributed by atoms with van der Waals surface area (Å²) in [7, 11) is 0. The van der Waals surface area contributed by atoms with Gasteiger partial charge in [-0.15, -0.1) is 10.2 Å². The van der Waals surface area contributed by atoms with E-state index in [9.17, 15) is 14.4 Å². The standard InChI is InChI=1S/C70H92N8O5/c1-18-55-62(73-56-35-34-51(77(25-8)26-9)44-52(56)57(79)38-45-30-28-27-29-31-45)64-75-74-63(78(64)76-55)46-39-49(71-65(80)58(19-2)82-60-36-32-47(67(10,11)21-4)41-53(60)69(14,15)23-6)43-50(40-46)72-66(81)59(20-3)83-61-37-33-48(68(12,13)22-5)42-54(61)70(16,17)24-7/h27-37,39-44,58-59H,18-26,38H2,1-17H3,(H,71,80)(H,72,81). The largest absolute Gasteiger partial charge is 0.480 e. The van der Waals surface area contributed by atoms with Gasteiger partial charge in [-0.25, -0.2) is 4.99 Å². The molecule has 0 radical (unpaired) electrons. The monoisotopic (exact) mass is 1120 g/mol. The fourth-order valence-electron chi connectivity index (χ4n) is 10.2. The maximum absolute atomic E-state index is 14.7. The van der Waals surface area contributed by atoms with Crippen molar-refractivity contribution in [3.63, 3.8) is 0 Å². The predicted molar refractivity (Wildman–Crippen MR) is 342 cm³/mol. The Morgan fingerprint density at radius 3 is 1.53 bits per heavy atom. The summed E-state index contributed by atoms with van der Waals surface area (Å²) in [5.74, 6) is 1.32. The molecule has 13 heteroatoms. The highest BCUT2D eigenvalue weighted by Gasteiger charge is 2.33. The molecule has 83 heavy (non-hydrogen) atoms. The molecule has 2 heterocycles. The Morgan fingerprint density at radius 1 is 0.578 bits per heavy atom. The van der Waals surface area contributed by atoms with Gasteiger partial charge in [-0.3, -0.25) is 14.4 Å². The molecule has 0 fully saturated rings. The number of hydrogen-bond acceptors (Lipinski definition) is 10. The highest BCUT2D eigenvalue weighted by atomic mass is 16.5. The number of carbonyl (C=O) groups excluding carboxylic acids is 3. The van der Waals surface area contributed by atoms with Gasteiger partial charge in [0.05, 0.1) is 11.4 Å². The number of Topliss-reactive ketones (excluding diaryl/α,β-unsaturated/α-hetero) is 1. The van der Waals surface area contributed by atoms with Gasteiger partial charge in [0, 0.05) is 58.8 Å². The SMILES string of the molecule is CCC1=Nn2c(nnc2-c2cc(NC(=O)C(CC)Oc3ccc(C(C)(C)CC)cc3C(C)(C)CC)cc(NC(=O)C(CC)Oc3ccc(C(C)(C)CC)cc3C(C)(C)CC)c2)C1=Nc1ccc(N(CC)CC)cc1C(=O)Cc1ccccc1. The Hall–Kier alpha value is -7.41. The van der Waals surface area contributed by atoms with Gasteiger partial charge in [-0.2, -0.15) is 9.78 Å². The molecule has 2 unspecified atom stereocenters. The molecule has 0 spiro atoms. The number of aliphatic imine (C=N–C) groups is 1. The van der Waals surface area contributed by atoms with Crippen molar-refractivity contribution in [2.24, 2.45) is 10.1 Å². The first-order chi connectivity index (χ1) is 39.4. The summed E-state index contributed by atoms with van der Waals surface area (Å²) in [5.41, 5.74) is 9.32. The first-order valence-corrected chi connectivity index (χ1v) is 30.4. The van der Waals surface area contributed by atoms with E-state index in [4.69, 9.17) is 29.8 Å². The quantitative estimate of drug-likeness (QED) is 0.0484. The molecule has 6 aromatic rings. The highest BCUT2D eigenvalue weighted by molar-refractivity contribution is 6.49. The third-order valence-electron chi connectivity index (χ3n) is 17.6. The van der Waals surface area contributed by atoms with E-state index in [-0.39, 0.29) is 45.7 Å². The zero-order valence-corrected chi connectivity index (χ0v) is 52.8. The minimum Gasteiger partial charge on any atom is -0.480 e. The maximum Gasteiger partial charge on any atom is 0.265 e. The van der Waals surface area contributed by atoms with Crippen molar-refractivity contribution in [1.29, 1.82) is 0 Å². The third kappa shape index (κ3) is 14.2. The van der Waals surface area contributed by atoms with Crippen LogP contribution in [0.15, 0.2) is 113 Å². The lowest BCUT2D eigenvalue weighted by molar-refractivity contribution is -0.123. The summed E-state index contributed by atoms with van der Waals surface area (Å²) in [6.45, 7) is 38.2. The van der Waals surface area contributed by atoms with Crippen molar-refractivity contribution < 1.29 is 23.9 Å². The van der Waals surface area contributed by atoms with E-state index in [1.165, 1.54) is 11.1 Å². The van der Waals surface area contributed by atoms with Crippen LogP contribution in [0.1, 0.15) is 207 Å². The number of fused-ring (bicyclic) bond motifs is 1. The smallest absolute Gasteiger partial charge is 0.265 e. The van der Waals surface area contributed by atoms with Gasteiger partial charge >= 0.3 is 0 Å². The summed E-state index contributed by atoms with van der Waals surface area (Å²) < 4.78 is 15.1. The molecular weight excluding hydrogens is 1030 g/mol. The molecule has 2 N–H and O–H groups in total. The topological polar surface area (TPSA) is 152 Å². The van der Waals surface area contributed by atoms with Gasteiger partial charge in [0.15, 0.2) is 23.8 Å². The third-order valence-corrected chi connectivity index (χ3v) is 17.6. The first kappa shape index (κ1) is 63.2. The normalized spacial score (nSPS) is 14.0. The van der Waals surface area contributed by atoms with Crippen molar-refractivity contribution >= 4 is 51.8 Å². The number of ketones is 1. The lowest BCUT2D eigenvalue weighted by Crippen LogP contribution is -2.34. The fourth-order valence-corrected chi connectivity index (χ4v) is 10.2. The molecule has 0 bridgehead atoms. The van der Waals surface area contributed by atoms with Gasteiger partial charge in [0.1, 0.15) is 17.2 Å². The van der Waals surface area contributed by atoms with Crippen LogP contribution < -0.4 is 25.0 Å². The number of nitrogens with one attached hydrogen (secondary N) is 2. The molecule has 2 atom stereocenters. The van der Waals surface area contributed by atoms with Gasteiger partial charge in [-0.1, -0.05) is 158 Å². The molecule has 7 rings (SSSR count). The fraction of sp³-hybridized carbons (Fsp3) is 0.471. The molecule has 13 nitrogen and oxygen atoms in total. The van der Waals surface area contributed by atoms with E-state index in [0.29, 0.717) is 82.0 Å². The van der Waals surface area contributed by atoms with Crippen LogP contribution in [0, 0.1) is 0 Å². The molecule has 0 saturated heterocycles. The first-order valence-electron chi connectivity index (χ1n) is 30.4. The van der Waals surface area contributed by atoms with Gasteiger partial charge in [0.2, 0.25) is 5.82 Å². The number of carbonyl (C=O) groups is 3. The van der Waals surface area contributed by atoms with E-state index < -0.39 is 12.2 Å². The molecule has 0 aliphatic carbocycles. The van der Waals surface area contributed by atoms with Crippen molar-refractivity contribution in [2.45, 2.75) is 203 Å². The molecule has 0 saturated carbocycles. The minimum absolute atomic E-state index is 0.0430. The number of anilines is 3. The van der Waals surface area contributed by atoms with E-state index >= 15 is 0 Å². The van der Waals surface area contributed by atoms with Gasteiger partial charge in [-0.05, 0) is 146 Å². The van der Waals surface area contributed by atoms with Crippen LogP contribution >= 0.6 is 0 Å². The van der Waals surface area contributed by atoms with Gasteiger partial charge in [0.25, 0.3) is 11.8 Å². The molecule has 1 aliphatic rings. The predicted octanol–water partition coefficient (Wildman–Crippen LogP) is 16.3. The zero-order chi connectivity index (χ0) is 60.6. The Kier molecular flexibility index (Phi) is 20.1. The highest BCUT2D eigenvalue weighted by Crippen LogP contribution is 2.42. The molecule has 5 aromatic carbocycles. The number of aromatic nitrogens is 3. The minimum atomic E-state index is -0.861. The second kappa shape index (κ2) is 26.4. The molecule has 1 aliphatic heterocycles. The molecular formula is C70H92N8O5. The van der Waals surface area contributed by atoms with Crippen molar-refractivity contribution in [2.75, 3.05) is 28.6 Å². The number of ether oxygens (including phenoxy) is 2. The second-order valence-corrected chi connectivity index (χ2v) is 24.7. The summed E-state index contributed by atoms with van der Waals surface area (Å²) in [6.07, 6.45) is 3.46. The Labute approximate surface area is 495 Å². The van der Waals surface area contributed by atoms with Crippen molar-refractivity contribution in [3.8, 4) is 22.9 Å². The van der Waals surface area contributed by atoms with E-state index in [0.717, 1.165) is 61.2 Å². The number of hydrogen-bond donors (Lipinski definition) is 2. The van der Waals surface area contributed by atoms with Crippen LogP contribution in [0.4, 0.5) is 22.7 Å². The molecule has 442 valence electrons. The zero-order valence-electron chi connectivity index (χ0n) is 52.8. The Morgan fingerprint density at radius 2 is 1.07 bits per heavy atom. The van der Waals surface area contributed by atoms with Crippen LogP contribution in [0.3, 0.4) is 0 Å². The van der Waals surface area contributed by atoms with Crippen LogP contribution in [-0.4, -0.2) is 69.2 Å². The van der Waals surface area contributed by atoms with Crippen LogP contribution in [-0.2, 0) is 37.7 Å². The van der Waals surface area contributed by atoms with Crippen LogP contribution in [0.2, 0.25) is 0 Å². The maximum atomic E-state index is 14.7. The second-order valence-electron chi connectivity index (χ2n) is 24.7. The average molecular weight is 1130 g/mol. The van der Waals surface area contributed by atoms with E-state index in [2.05, 4.69) is 137 Å². The van der Waals surface area contributed by atoms with Crippen molar-refractivity contribution in [3.05, 3.63) is 142 Å². The summed E-state index contributed by atoms with van der Waals surface area (Å²) in [5, 5.41) is 20.8. The number of nitrogens with zero attached hydrogens (tertiary/aromatic N) is 6. The average Bonchev–Trinajstić information content (AvgIpc) is 4.13. The summed E-state index contributed by atoms with van der Waals surface area (Å²) >= 11 is 0. The Balaban J connectivity index is 1.30. The van der Waals surface area contributed by atoms with E-state index in [1.807, 2.05) is 81.4 Å². The van der Waals surface area contributed by atoms with E-state index in [1.54, 1.807) is 22.9 Å². The molecule has 1 aromatic heterocycles. The number of rotatable bonds is 27. The number of amides is 2. The van der Waals surface area contributed by atoms with Crippen LogP contribution in [0.5, 0.6) is 11.5 Å². The van der Waals surface area contributed by atoms with Gasteiger partial charge < -0.3 is 25.0 Å². The number of benzene rings is 5. The lowest BCUT2D eigenvalue weighted by atomic mass is 9.76. The summed E-state index contributed by atoms with van der Waals surface area (Å²) in [4.78, 5) is 51.1. The van der Waals surface area contributed by atoms with Crippen LogP contribution in [0.25, 0.3) is 11.4 Å². The lowest BCUT2D eigenvalue weighted by Gasteiger charge is -2.31. The molecule has 2 amide bonds. The summed E-state index contributed by atoms with van der Waals surface area (Å²) in [6, 6.07) is 33.7. The van der Waals surface area contributed by atoms with Crippen molar-refractivity contribution in [1.82, 2.24) is 14.9 Å². The Bertz CT molecular complexity index is 3220.